The SMILES string of the molecule is CCC1CCCC(OC2CCC(=NO)CC2)C1. The van der Waals surface area contributed by atoms with Crippen LogP contribution in [0.4, 0.5) is 0 Å². The van der Waals surface area contributed by atoms with Crippen molar-refractivity contribution in [2.24, 2.45) is 11.1 Å². The Hall–Kier alpha value is -0.570. The van der Waals surface area contributed by atoms with Gasteiger partial charge < -0.3 is 9.94 Å². The molecule has 0 aliphatic heterocycles. The molecule has 3 nitrogen and oxygen atoms in total. The second-order valence-corrected chi connectivity index (χ2v) is 5.56. The van der Waals surface area contributed by atoms with Crippen LogP contribution in [0.2, 0.25) is 0 Å². The first kappa shape index (κ1) is 12.9. The zero-order valence-corrected chi connectivity index (χ0v) is 10.9. The average molecular weight is 239 g/mol. The van der Waals surface area contributed by atoms with Gasteiger partial charge in [-0.25, -0.2) is 0 Å². The van der Waals surface area contributed by atoms with Crippen LogP contribution in [-0.4, -0.2) is 23.1 Å². The Morgan fingerprint density at radius 2 is 1.94 bits per heavy atom. The number of hydrogen-bond acceptors (Lipinski definition) is 3. The smallest absolute Gasteiger partial charge is 0.0586 e. The van der Waals surface area contributed by atoms with Crippen LogP contribution >= 0.6 is 0 Å². The van der Waals surface area contributed by atoms with E-state index in [-0.39, 0.29) is 0 Å². The van der Waals surface area contributed by atoms with Crippen molar-refractivity contribution < 1.29 is 9.94 Å². The fraction of sp³-hybridized carbons (Fsp3) is 0.929. The van der Waals surface area contributed by atoms with Gasteiger partial charge >= 0.3 is 0 Å². The molecule has 2 aliphatic rings. The van der Waals surface area contributed by atoms with Crippen molar-refractivity contribution in [3.05, 3.63) is 0 Å². The highest BCUT2D eigenvalue weighted by molar-refractivity contribution is 5.84. The maximum atomic E-state index is 8.71. The number of nitrogens with zero attached hydrogens (tertiary/aromatic N) is 1. The fourth-order valence-electron chi connectivity index (χ4n) is 3.17. The molecule has 2 rings (SSSR count). The van der Waals surface area contributed by atoms with Crippen molar-refractivity contribution in [1.29, 1.82) is 0 Å². The maximum Gasteiger partial charge on any atom is 0.0586 e. The minimum Gasteiger partial charge on any atom is -0.411 e. The molecule has 0 aromatic rings. The van der Waals surface area contributed by atoms with Gasteiger partial charge in [0.15, 0.2) is 0 Å². The predicted molar refractivity (Wildman–Crippen MR) is 68.6 cm³/mol. The van der Waals surface area contributed by atoms with Gasteiger partial charge in [-0.1, -0.05) is 31.3 Å². The van der Waals surface area contributed by atoms with Gasteiger partial charge in [-0.15, -0.1) is 0 Å². The molecule has 98 valence electrons. The molecule has 0 spiro atoms. The van der Waals surface area contributed by atoms with E-state index in [0.29, 0.717) is 12.2 Å². The summed E-state index contributed by atoms with van der Waals surface area (Å²) in [4.78, 5) is 0. The number of rotatable bonds is 3. The van der Waals surface area contributed by atoms with Crippen LogP contribution in [0.1, 0.15) is 64.7 Å². The molecule has 2 unspecified atom stereocenters. The highest BCUT2D eigenvalue weighted by Crippen LogP contribution is 2.31. The van der Waals surface area contributed by atoms with E-state index in [9.17, 15) is 0 Å². The highest BCUT2D eigenvalue weighted by atomic mass is 16.5. The van der Waals surface area contributed by atoms with Crippen molar-refractivity contribution in [2.45, 2.75) is 76.9 Å². The molecule has 0 bridgehead atoms. The Morgan fingerprint density at radius 1 is 1.18 bits per heavy atom. The van der Waals surface area contributed by atoms with E-state index in [4.69, 9.17) is 9.94 Å². The third kappa shape index (κ3) is 3.70. The molecule has 1 N–H and O–H groups in total. The second-order valence-electron chi connectivity index (χ2n) is 5.56. The molecule has 0 saturated heterocycles. The summed E-state index contributed by atoms with van der Waals surface area (Å²) < 4.78 is 6.22. The molecule has 2 fully saturated rings. The third-order valence-corrected chi connectivity index (χ3v) is 4.35. The molecular formula is C14H25NO2. The largest absolute Gasteiger partial charge is 0.411 e. The Kier molecular flexibility index (Phi) is 4.84. The van der Waals surface area contributed by atoms with Gasteiger partial charge in [-0.2, -0.15) is 0 Å². The van der Waals surface area contributed by atoms with Crippen molar-refractivity contribution in [3.63, 3.8) is 0 Å². The van der Waals surface area contributed by atoms with Gasteiger partial charge in [0, 0.05) is 0 Å². The van der Waals surface area contributed by atoms with Crippen LogP contribution < -0.4 is 0 Å². The summed E-state index contributed by atoms with van der Waals surface area (Å²) in [5.74, 6) is 0.881. The minimum absolute atomic E-state index is 0.404. The molecule has 0 aromatic carbocycles. The van der Waals surface area contributed by atoms with E-state index in [1.54, 1.807) is 0 Å². The molecule has 0 aromatic heterocycles. The molecule has 2 aliphatic carbocycles. The van der Waals surface area contributed by atoms with Crippen LogP contribution in [0, 0.1) is 5.92 Å². The Labute approximate surface area is 104 Å². The maximum absolute atomic E-state index is 8.71. The molecule has 0 radical (unpaired) electrons. The van der Waals surface area contributed by atoms with E-state index < -0.39 is 0 Å². The van der Waals surface area contributed by atoms with Crippen LogP contribution in [0.15, 0.2) is 5.16 Å². The summed E-state index contributed by atoms with van der Waals surface area (Å²) >= 11 is 0. The van der Waals surface area contributed by atoms with Crippen molar-refractivity contribution in [3.8, 4) is 0 Å². The average Bonchev–Trinajstić information content (AvgIpc) is 2.40. The third-order valence-electron chi connectivity index (χ3n) is 4.35. The number of ether oxygens (including phenoxy) is 1. The molecule has 2 atom stereocenters. The quantitative estimate of drug-likeness (QED) is 0.602. The van der Waals surface area contributed by atoms with E-state index in [0.717, 1.165) is 37.3 Å². The van der Waals surface area contributed by atoms with Gasteiger partial charge in [0.05, 0.1) is 17.9 Å². The van der Waals surface area contributed by atoms with Gasteiger partial charge in [0.1, 0.15) is 0 Å². The molecule has 2 saturated carbocycles. The van der Waals surface area contributed by atoms with Crippen molar-refractivity contribution in [1.82, 2.24) is 0 Å². The van der Waals surface area contributed by atoms with Gasteiger partial charge in [0.25, 0.3) is 0 Å². The minimum atomic E-state index is 0.404. The first-order chi connectivity index (χ1) is 8.31. The van der Waals surface area contributed by atoms with Crippen LogP contribution in [0.5, 0.6) is 0 Å². The molecule has 0 amide bonds. The van der Waals surface area contributed by atoms with Gasteiger partial charge in [-0.3, -0.25) is 0 Å². The van der Waals surface area contributed by atoms with E-state index >= 15 is 0 Å². The van der Waals surface area contributed by atoms with Gasteiger partial charge in [0.2, 0.25) is 0 Å². The summed E-state index contributed by atoms with van der Waals surface area (Å²) in [6.45, 7) is 2.29. The Bertz CT molecular complexity index is 255. The van der Waals surface area contributed by atoms with E-state index in [1.807, 2.05) is 0 Å². The van der Waals surface area contributed by atoms with E-state index in [1.165, 1.54) is 32.1 Å². The van der Waals surface area contributed by atoms with Crippen LogP contribution in [-0.2, 0) is 4.74 Å². The molecule has 17 heavy (non-hydrogen) atoms. The van der Waals surface area contributed by atoms with Crippen molar-refractivity contribution in [2.75, 3.05) is 0 Å². The molecular weight excluding hydrogens is 214 g/mol. The summed E-state index contributed by atoms with van der Waals surface area (Å²) in [6.07, 6.45) is 11.3. The standard InChI is InChI=1S/C14H25NO2/c1-2-11-4-3-5-14(10-11)17-13-8-6-12(15-16)7-9-13/h11,13-14,16H,2-10H2,1H3. The lowest BCUT2D eigenvalue weighted by molar-refractivity contribution is -0.0481. The Balaban J connectivity index is 1.74. The zero-order valence-electron chi connectivity index (χ0n) is 10.9. The lowest BCUT2D eigenvalue weighted by Gasteiger charge is -2.33. The number of oxime groups is 1. The van der Waals surface area contributed by atoms with Crippen LogP contribution in [0.3, 0.4) is 0 Å². The summed E-state index contributed by atoms with van der Waals surface area (Å²) in [7, 11) is 0. The topological polar surface area (TPSA) is 41.8 Å². The lowest BCUT2D eigenvalue weighted by Crippen LogP contribution is -2.30. The van der Waals surface area contributed by atoms with Gasteiger partial charge in [-0.05, 0) is 44.4 Å². The normalized spacial score (nSPS) is 34.6. The lowest BCUT2D eigenvalue weighted by atomic mass is 9.85. The molecule has 3 heteroatoms. The summed E-state index contributed by atoms with van der Waals surface area (Å²) in [5, 5.41) is 12.0. The highest BCUT2D eigenvalue weighted by Gasteiger charge is 2.26. The van der Waals surface area contributed by atoms with Crippen molar-refractivity contribution >= 4 is 5.71 Å². The van der Waals surface area contributed by atoms with E-state index in [2.05, 4.69) is 12.1 Å². The number of hydrogen-bond donors (Lipinski definition) is 1. The summed E-state index contributed by atoms with van der Waals surface area (Å²) in [5.41, 5.74) is 0.944. The Morgan fingerprint density at radius 3 is 2.59 bits per heavy atom. The second kappa shape index (κ2) is 6.39. The fourth-order valence-corrected chi connectivity index (χ4v) is 3.17. The summed E-state index contributed by atoms with van der Waals surface area (Å²) in [6, 6.07) is 0. The zero-order chi connectivity index (χ0) is 12.1. The van der Waals surface area contributed by atoms with Crippen LogP contribution in [0.25, 0.3) is 0 Å². The molecule has 0 heterocycles. The first-order valence-electron chi connectivity index (χ1n) is 7.17. The monoisotopic (exact) mass is 239 g/mol. The first-order valence-corrected chi connectivity index (χ1v) is 7.17. The predicted octanol–water partition coefficient (Wildman–Crippen LogP) is 3.74.